The highest BCUT2D eigenvalue weighted by molar-refractivity contribution is 5.91. The van der Waals surface area contributed by atoms with E-state index in [1.165, 1.54) is 0 Å². The fourth-order valence-electron chi connectivity index (χ4n) is 1.43. The first-order valence-corrected chi connectivity index (χ1v) is 4.69. The van der Waals surface area contributed by atoms with Gasteiger partial charge in [0, 0.05) is 11.6 Å². The van der Waals surface area contributed by atoms with E-state index < -0.39 is 23.6 Å². The highest BCUT2D eigenvalue weighted by atomic mass is 19.1. The molecule has 0 fully saturated rings. The Bertz CT molecular complexity index is 409. The molecule has 1 aromatic carbocycles. The molecule has 0 aliphatic rings. The number of carboxylic acids is 1. The third kappa shape index (κ3) is 2.29. The van der Waals surface area contributed by atoms with E-state index in [0.717, 1.165) is 12.1 Å². The Morgan fingerprint density at radius 3 is 2.62 bits per heavy atom. The average Bonchev–Trinajstić information content (AvgIpc) is 2.17. The van der Waals surface area contributed by atoms with Crippen LogP contribution in [0.3, 0.4) is 0 Å². The molecule has 0 aromatic heterocycles. The van der Waals surface area contributed by atoms with Gasteiger partial charge in [0.1, 0.15) is 17.1 Å². The molecule has 0 unspecified atom stereocenters. The van der Waals surface area contributed by atoms with Crippen LogP contribution in [0.15, 0.2) is 12.1 Å². The predicted molar refractivity (Wildman–Crippen MR) is 55.6 cm³/mol. The van der Waals surface area contributed by atoms with Crippen molar-refractivity contribution in [3.63, 3.8) is 0 Å². The fraction of sp³-hybridized carbons (Fsp3) is 0.300. The number of benzene rings is 1. The van der Waals surface area contributed by atoms with Crippen LogP contribution in [0.25, 0.3) is 0 Å². The lowest BCUT2D eigenvalue weighted by atomic mass is 9.99. The van der Waals surface area contributed by atoms with E-state index >= 15 is 0 Å². The van der Waals surface area contributed by atoms with Crippen LogP contribution >= 0.6 is 0 Å². The largest absolute Gasteiger partial charge is 0.507 e. The van der Waals surface area contributed by atoms with Gasteiger partial charge < -0.3 is 21.7 Å². The van der Waals surface area contributed by atoms with E-state index in [1.54, 1.807) is 0 Å². The zero-order chi connectivity index (χ0) is 12.3. The monoisotopic (exact) mass is 228 g/mol. The average molecular weight is 228 g/mol. The van der Waals surface area contributed by atoms with E-state index in [2.05, 4.69) is 0 Å². The van der Waals surface area contributed by atoms with Crippen molar-refractivity contribution in [2.45, 2.75) is 12.5 Å². The maximum Gasteiger partial charge on any atom is 0.339 e. The van der Waals surface area contributed by atoms with Crippen molar-refractivity contribution in [3.8, 4) is 5.75 Å². The normalized spacial score (nSPS) is 12.4. The summed E-state index contributed by atoms with van der Waals surface area (Å²) < 4.78 is 13.4. The predicted octanol–water partition coefficient (Wildman–Crippen LogP) is 0.578. The van der Waals surface area contributed by atoms with E-state index in [0.29, 0.717) is 0 Å². The molecule has 6 N–H and O–H groups in total. The molecular formula is C10H13FN2O3. The van der Waals surface area contributed by atoms with Gasteiger partial charge in [0.25, 0.3) is 0 Å². The van der Waals surface area contributed by atoms with Crippen LogP contribution in [0.2, 0.25) is 0 Å². The van der Waals surface area contributed by atoms with Gasteiger partial charge in [-0.15, -0.1) is 0 Å². The minimum Gasteiger partial charge on any atom is -0.507 e. The zero-order valence-corrected chi connectivity index (χ0v) is 8.48. The number of phenols is 1. The van der Waals surface area contributed by atoms with Gasteiger partial charge in [-0.3, -0.25) is 0 Å². The molecular weight excluding hydrogens is 215 g/mol. The molecule has 6 heteroatoms. The van der Waals surface area contributed by atoms with E-state index in [9.17, 15) is 14.3 Å². The van der Waals surface area contributed by atoms with Crippen molar-refractivity contribution in [1.29, 1.82) is 0 Å². The number of carbonyl (C=O) groups is 1. The van der Waals surface area contributed by atoms with Crippen LogP contribution in [0.4, 0.5) is 4.39 Å². The molecule has 0 saturated carbocycles. The van der Waals surface area contributed by atoms with E-state index in [-0.39, 0.29) is 24.1 Å². The first kappa shape index (κ1) is 12.4. The standard InChI is InChI=1S/C10H13FN2O3/c11-6-2-1-5(10(15)16)9(14)8(6)7(13)3-4-12/h1-2,7,14H,3-4,12-13H2,(H,15,16)/t7-/m0/s1. The van der Waals surface area contributed by atoms with Gasteiger partial charge in [-0.2, -0.15) is 0 Å². The van der Waals surface area contributed by atoms with Gasteiger partial charge in [-0.1, -0.05) is 0 Å². The molecule has 0 radical (unpaired) electrons. The van der Waals surface area contributed by atoms with Crippen LogP contribution in [-0.4, -0.2) is 22.7 Å². The van der Waals surface area contributed by atoms with Crippen LogP contribution in [0.1, 0.15) is 28.4 Å². The number of rotatable bonds is 4. The summed E-state index contributed by atoms with van der Waals surface area (Å²) in [6, 6.07) is 1.14. The third-order valence-electron chi connectivity index (χ3n) is 2.24. The molecule has 0 aliphatic heterocycles. The lowest BCUT2D eigenvalue weighted by molar-refractivity contribution is 0.0693. The topological polar surface area (TPSA) is 110 Å². The molecule has 1 aromatic rings. The van der Waals surface area contributed by atoms with Crippen LogP contribution in [0.5, 0.6) is 5.75 Å². The van der Waals surface area contributed by atoms with Crippen molar-refractivity contribution in [2.75, 3.05) is 6.54 Å². The Labute approximate surface area is 91.5 Å². The quantitative estimate of drug-likeness (QED) is 0.602. The molecule has 0 aliphatic carbocycles. The number of hydrogen-bond acceptors (Lipinski definition) is 4. The van der Waals surface area contributed by atoms with Crippen molar-refractivity contribution >= 4 is 5.97 Å². The molecule has 1 atom stereocenters. The number of halogens is 1. The molecule has 1 rings (SSSR count). The SMILES string of the molecule is NCC[C@H](N)c1c(F)ccc(C(=O)O)c1O. The van der Waals surface area contributed by atoms with Crippen molar-refractivity contribution in [1.82, 2.24) is 0 Å². The Morgan fingerprint density at radius 1 is 1.50 bits per heavy atom. The molecule has 88 valence electrons. The molecule has 0 heterocycles. The maximum absolute atomic E-state index is 13.4. The van der Waals surface area contributed by atoms with Gasteiger partial charge in [-0.05, 0) is 25.1 Å². The second-order valence-corrected chi connectivity index (χ2v) is 3.35. The van der Waals surface area contributed by atoms with Crippen LogP contribution < -0.4 is 11.5 Å². The summed E-state index contributed by atoms with van der Waals surface area (Å²) in [6.07, 6.45) is 0.257. The minimum absolute atomic E-state index is 0.203. The first-order chi connectivity index (χ1) is 7.49. The van der Waals surface area contributed by atoms with Crippen molar-refractivity contribution < 1.29 is 19.4 Å². The molecule has 0 spiro atoms. The van der Waals surface area contributed by atoms with Gasteiger partial charge in [0.2, 0.25) is 0 Å². The lowest BCUT2D eigenvalue weighted by Gasteiger charge is -2.14. The van der Waals surface area contributed by atoms with Gasteiger partial charge >= 0.3 is 5.97 Å². The maximum atomic E-state index is 13.4. The number of aromatic carboxylic acids is 1. The van der Waals surface area contributed by atoms with Crippen molar-refractivity contribution in [2.24, 2.45) is 11.5 Å². The van der Waals surface area contributed by atoms with Crippen molar-refractivity contribution in [3.05, 3.63) is 29.1 Å². The number of hydrogen-bond donors (Lipinski definition) is 4. The van der Waals surface area contributed by atoms with Gasteiger partial charge in [0.15, 0.2) is 0 Å². The van der Waals surface area contributed by atoms with Crippen LogP contribution in [-0.2, 0) is 0 Å². The second kappa shape index (κ2) is 4.91. The van der Waals surface area contributed by atoms with Crippen LogP contribution in [0, 0.1) is 5.82 Å². The van der Waals surface area contributed by atoms with Gasteiger partial charge in [-0.25, -0.2) is 9.18 Å². The molecule has 16 heavy (non-hydrogen) atoms. The summed E-state index contributed by atoms with van der Waals surface area (Å²) in [6.45, 7) is 0.220. The number of aromatic hydroxyl groups is 1. The van der Waals surface area contributed by atoms with E-state index in [1.807, 2.05) is 0 Å². The highest BCUT2D eigenvalue weighted by Crippen LogP contribution is 2.30. The first-order valence-electron chi connectivity index (χ1n) is 4.69. The summed E-state index contributed by atoms with van der Waals surface area (Å²) in [4.78, 5) is 10.7. The second-order valence-electron chi connectivity index (χ2n) is 3.35. The number of nitrogens with two attached hydrogens (primary N) is 2. The molecule has 0 saturated heterocycles. The lowest BCUT2D eigenvalue weighted by Crippen LogP contribution is -2.17. The summed E-state index contributed by atoms with van der Waals surface area (Å²) in [7, 11) is 0. The Morgan fingerprint density at radius 2 is 2.12 bits per heavy atom. The highest BCUT2D eigenvalue weighted by Gasteiger charge is 2.21. The van der Waals surface area contributed by atoms with Gasteiger partial charge in [0.05, 0.1) is 0 Å². The van der Waals surface area contributed by atoms with E-state index in [4.69, 9.17) is 16.6 Å². The summed E-state index contributed by atoms with van der Waals surface area (Å²) >= 11 is 0. The molecule has 5 nitrogen and oxygen atoms in total. The molecule has 0 bridgehead atoms. The number of carboxylic acid groups (broad SMARTS) is 1. The summed E-state index contributed by atoms with van der Waals surface area (Å²) in [5.41, 5.74) is 10.3. The zero-order valence-electron chi connectivity index (χ0n) is 8.48. The Hall–Kier alpha value is -1.66. The minimum atomic E-state index is -1.33. The summed E-state index contributed by atoms with van der Waals surface area (Å²) in [5, 5.41) is 18.3. The fourth-order valence-corrected chi connectivity index (χ4v) is 1.43. The third-order valence-corrected chi connectivity index (χ3v) is 2.24. The Kier molecular flexibility index (Phi) is 3.81. The summed E-state index contributed by atoms with van der Waals surface area (Å²) in [5.74, 6) is -2.70. The smallest absolute Gasteiger partial charge is 0.339 e. The molecule has 0 amide bonds. The Balaban J connectivity index is 3.26.